The van der Waals surface area contributed by atoms with Gasteiger partial charge in [-0.15, -0.1) is 0 Å². The Hall–Kier alpha value is -1.43. The van der Waals surface area contributed by atoms with E-state index < -0.39 is 6.61 Å². The summed E-state index contributed by atoms with van der Waals surface area (Å²) in [7, 11) is 0. The molecule has 4 nitrogen and oxygen atoms in total. The summed E-state index contributed by atoms with van der Waals surface area (Å²) in [6.07, 6.45) is 5.88. The van der Waals surface area contributed by atoms with Crippen LogP contribution in [0.25, 0.3) is 0 Å². The first-order valence-corrected chi connectivity index (χ1v) is 7.74. The maximum absolute atomic E-state index is 12.2. The lowest BCUT2D eigenvalue weighted by atomic mass is 9.94. The monoisotopic (exact) mass is 312 g/mol. The van der Waals surface area contributed by atoms with Gasteiger partial charge in [-0.3, -0.25) is 0 Å². The van der Waals surface area contributed by atoms with Crippen LogP contribution in [0, 0.1) is 0 Å². The minimum atomic E-state index is -2.82. The van der Waals surface area contributed by atoms with Crippen LogP contribution in [-0.4, -0.2) is 35.9 Å². The molecule has 2 heterocycles. The number of halogens is 2. The van der Waals surface area contributed by atoms with E-state index in [1.807, 2.05) is 0 Å². The summed E-state index contributed by atoms with van der Waals surface area (Å²) >= 11 is 0. The third kappa shape index (κ3) is 3.32. The van der Waals surface area contributed by atoms with Crippen molar-refractivity contribution in [3.05, 3.63) is 18.3 Å². The highest BCUT2D eigenvalue weighted by molar-refractivity contribution is 5.42. The van der Waals surface area contributed by atoms with Crippen molar-refractivity contribution in [3.63, 3.8) is 0 Å². The predicted molar refractivity (Wildman–Crippen MR) is 79.4 cm³/mol. The van der Waals surface area contributed by atoms with Crippen LogP contribution in [0.4, 0.5) is 14.6 Å². The molecule has 1 saturated carbocycles. The Labute approximate surface area is 129 Å². The van der Waals surface area contributed by atoms with Crippen molar-refractivity contribution in [2.75, 3.05) is 18.0 Å². The average Bonchev–Trinajstić information content (AvgIpc) is 2.84. The Kier molecular flexibility index (Phi) is 3.97. The quantitative estimate of drug-likeness (QED) is 0.854. The molecule has 0 unspecified atom stereocenters. The van der Waals surface area contributed by atoms with Crippen molar-refractivity contribution < 1.29 is 18.3 Å². The number of anilines is 1. The highest BCUT2D eigenvalue weighted by Gasteiger charge is 2.46. The SMILES string of the molecule is CC1(C)CN(c2ccc(OC(F)F)cn2)CC2(CCCC2)O1. The fourth-order valence-corrected chi connectivity index (χ4v) is 3.69. The van der Waals surface area contributed by atoms with Gasteiger partial charge in [-0.2, -0.15) is 8.78 Å². The van der Waals surface area contributed by atoms with Gasteiger partial charge < -0.3 is 14.4 Å². The van der Waals surface area contributed by atoms with Crippen LogP contribution in [0.1, 0.15) is 39.5 Å². The van der Waals surface area contributed by atoms with Crippen LogP contribution >= 0.6 is 0 Å². The fraction of sp³-hybridized carbons (Fsp3) is 0.688. The number of hydrogen-bond acceptors (Lipinski definition) is 4. The molecule has 0 aromatic carbocycles. The van der Waals surface area contributed by atoms with Crippen molar-refractivity contribution >= 4 is 5.82 Å². The van der Waals surface area contributed by atoms with Crippen molar-refractivity contribution in [3.8, 4) is 5.75 Å². The normalized spacial score (nSPS) is 23.2. The molecule has 0 radical (unpaired) electrons. The first-order valence-electron chi connectivity index (χ1n) is 7.74. The largest absolute Gasteiger partial charge is 0.433 e. The van der Waals surface area contributed by atoms with Gasteiger partial charge in [-0.05, 0) is 38.8 Å². The summed E-state index contributed by atoms with van der Waals surface area (Å²) in [5.74, 6) is 0.867. The van der Waals surface area contributed by atoms with Crippen molar-refractivity contribution in [1.29, 1.82) is 0 Å². The van der Waals surface area contributed by atoms with E-state index in [9.17, 15) is 8.78 Å². The summed E-state index contributed by atoms with van der Waals surface area (Å²) in [6.45, 7) is 2.90. The first-order chi connectivity index (χ1) is 10.4. The predicted octanol–water partition coefficient (Wildman–Crippen LogP) is 3.61. The molecule has 1 aromatic rings. The number of aromatic nitrogens is 1. The van der Waals surface area contributed by atoms with Gasteiger partial charge in [0.15, 0.2) is 0 Å². The minimum absolute atomic E-state index is 0.0850. The van der Waals surface area contributed by atoms with Gasteiger partial charge in [0.05, 0.1) is 17.4 Å². The molecular weight excluding hydrogens is 290 g/mol. The second-order valence-corrected chi connectivity index (χ2v) is 6.84. The van der Waals surface area contributed by atoms with Crippen LogP contribution in [0.5, 0.6) is 5.75 Å². The first kappa shape index (κ1) is 15.5. The van der Waals surface area contributed by atoms with Crippen LogP contribution in [0.2, 0.25) is 0 Å². The molecule has 6 heteroatoms. The lowest BCUT2D eigenvalue weighted by molar-refractivity contribution is -0.148. The second kappa shape index (κ2) is 5.65. The third-order valence-electron chi connectivity index (χ3n) is 4.33. The number of ether oxygens (including phenoxy) is 2. The third-order valence-corrected chi connectivity index (χ3v) is 4.33. The molecule has 2 aliphatic rings. The zero-order valence-electron chi connectivity index (χ0n) is 13.0. The van der Waals surface area contributed by atoms with Gasteiger partial charge in [-0.25, -0.2) is 4.98 Å². The van der Waals surface area contributed by atoms with E-state index in [1.165, 1.54) is 25.1 Å². The number of morpholine rings is 1. The van der Waals surface area contributed by atoms with E-state index in [2.05, 4.69) is 28.5 Å². The summed E-state index contributed by atoms with van der Waals surface area (Å²) in [6, 6.07) is 3.28. The van der Waals surface area contributed by atoms with Crippen LogP contribution < -0.4 is 9.64 Å². The van der Waals surface area contributed by atoms with Gasteiger partial charge in [0.2, 0.25) is 0 Å². The van der Waals surface area contributed by atoms with Gasteiger partial charge in [0.1, 0.15) is 11.6 Å². The number of rotatable bonds is 3. The molecule has 0 amide bonds. The van der Waals surface area contributed by atoms with Crippen LogP contribution in [0.15, 0.2) is 18.3 Å². The summed E-state index contributed by atoms with van der Waals surface area (Å²) < 4.78 is 35.1. The lowest BCUT2D eigenvalue weighted by Crippen LogP contribution is -2.59. The molecule has 122 valence electrons. The molecular formula is C16H22F2N2O2. The smallest absolute Gasteiger partial charge is 0.387 e. The van der Waals surface area contributed by atoms with Crippen molar-refractivity contribution in [1.82, 2.24) is 4.98 Å². The van der Waals surface area contributed by atoms with E-state index in [0.29, 0.717) is 0 Å². The lowest BCUT2D eigenvalue weighted by Gasteiger charge is -2.49. The van der Waals surface area contributed by atoms with E-state index in [0.717, 1.165) is 31.7 Å². The Bertz CT molecular complexity index is 513. The molecule has 0 N–H and O–H groups in total. The number of pyridine rings is 1. The minimum Gasteiger partial charge on any atom is -0.433 e. The summed E-state index contributed by atoms with van der Waals surface area (Å²) in [4.78, 5) is 6.48. The Balaban J connectivity index is 1.78. The van der Waals surface area contributed by atoms with E-state index in [-0.39, 0.29) is 17.0 Å². The zero-order chi connectivity index (χ0) is 15.8. The van der Waals surface area contributed by atoms with Crippen LogP contribution in [0.3, 0.4) is 0 Å². The average molecular weight is 312 g/mol. The van der Waals surface area contributed by atoms with Gasteiger partial charge in [-0.1, -0.05) is 12.8 Å². The molecule has 1 aliphatic heterocycles. The molecule has 22 heavy (non-hydrogen) atoms. The summed E-state index contributed by atoms with van der Waals surface area (Å²) in [5, 5.41) is 0. The second-order valence-electron chi connectivity index (χ2n) is 6.84. The van der Waals surface area contributed by atoms with Crippen LogP contribution in [-0.2, 0) is 4.74 Å². The molecule has 1 saturated heterocycles. The Morgan fingerprint density at radius 2 is 1.95 bits per heavy atom. The van der Waals surface area contributed by atoms with Gasteiger partial charge in [0, 0.05) is 13.1 Å². The van der Waals surface area contributed by atoms with Gasteiger partial charge in [0.25, 0.3) is 0 Å². The highest BCUT2D eigenvalue weighted by atomic mass is 19.3. The Morgan fingerprint density at radius 1 is 1.23 bits per heavy atom. The van der Waals surface area contributed by atoms with Crippen molar-refractivity contribution in [2.24, 2.45) is 0 Å². The zero-order valence-corrected chi connectivity index (χ0v) is 13.0. The molecule has 1 aliphatic carbocycles. The van der Waals surface area contributed by atoms with E-state index >= 15 is 0 Å². The molecule has 0 atom stereocenters. The van der Waals surface area contributed by atoms with Gasteiger partial charge >= 0.3 is 6.61 Å². The number of alkyl halides is 2. The standard InChI is InChI=1S/C16H22F2N2O2/c1-15(2)10-20(11-16(22-15)7-3-4-8-16)13-6-5-12(9-19-13)21-14(17)18/h5-6,9,14H,3-4,7-8,10-11H2,1-2H3. The topological polar surface area (TPSA) is 34.6 Å². The Morgan fingerprint density at radius 3 is 2.55 bits per heavy atom. The molecule has 2 fully saturated rings. The fourth-order valence-electron chi connectivity index (χ4n) is 3.69. The maximum Gasteiger partial charge on any atom is 0.387 e. The van der Waals surface area contributed by atoms with Crippen molar-refractivity contribution in [2.45, 2.75) is 57.3 Å². The van der Waals surface area contributed by atoms with E-state index in [1.54, 1.807) is 6.07 Å². The molecule has 3 rings (SSSR count). The summed E-state index contributed by atoms with van der Waals surface area (Å²) in [5.41, 5.74) is -0.343. The molecule has 0 bridgehead atoms. The molecule has 1 aromatic heterocycles. The highest BCUT2D eigenvalue weighted by Crippen LogP contribution is 2.41. The maximum atomic E-state index is 12.2. The van der Waals surface area contributed by atoms with E-state index in [4.69, 9.17) is 4.74 Å². The number of hydrogen-bond donors (Lipinski definition) is 0. The number of nitrogens with zero attached hydrogens (tertiary/aromatic N) is 2. The molecule has 1 spiro atoms.